The van der Waals surface area contributed by atoms with E-state index in [1.54, 1.807) is 0 Å². The molecule has 126 valence electrons. The summed E-state index contributed by atoms with van der Waals surface area (Å²) in [7, 11) is 3.99. The van der Waals surface area contributed by atoms with Crippen molar-refractivity contribution in [3.63, 3.8) is 0 Å². The number of carbonyl (C=O) groups is 2. The van der Waals surface area contributed by atoms with E-state index >= 15 is 0 Å². The van der Waals surface area contributed by atoms with Crippen molar-refractivity contribution in [3.8, 4) is 0 Å². The van der Waals surface area contributed by atoms with Gasteiger partial charge in [0.1, 0.15) is 5.41 Å². The summed E-state index contributed by atoms with van der Waals surface area (Å²) in [4.78, 5) is 26.9. The van der Waals surface area contributed by atoms with Crippen LogP contribution in [0.4, 0.5) is 5.69 Å². The number of hydrogen-bond acceptors (Lipinski definition) is 3. The third kappa shape index (κ3) is 4.54. The van der Waals surface area contributed by atoms with Crippen LogP contribution in [0.3, 0.4) is 0 Å². The maximum absolute atomic E-state index is 12.5. The summed E-state index contributed by atoms with van der Waals surface area (Å²) in [5, 5.41) is 5.77. The van der Waals surface area contributed by atoms with Gasteiger partial charge in [0.25, 0.3) is 0 Å². The number of nitrogens with one attached hydrogen (secondary N) is 2. The lowest BCUT2D eigenvalue weighted by Crippen LogP contribution is -2.40. The molecule has 0 aliphatic heterocycles. The number of aryl methyl sites for hydroxylation is 1. The van der Waals surface area contributed by atoms with Crippen molar-refractivity contribution in [2.24, 2.45) is 5.41 Å². The second kappa shape index (κ2) is 7.45. The fourth-order valence-corrected chi connectivity index (χ4v) is 3.00. The molecule has 2 rings (SSSR count). The second-order valence-corrected chi connectivity index (χ2v) is 7.29. The van der Waals surface area contributed by atoms with Gasteiger partial charge in [0, 0.05) is 11.0 Å². The highest BCUT2D eigenvalue weighted by molar-refractivity contribution is 9.10. The fraction of sp³-hybridized carbons (Fsp3) is 0.529. The number of benzene rings is 1. The standard InChI is InChI=1S/C17H24BrN3O2/c1-12-5-6-14(13(18)11-12)20-16(23)17(7-8-17)15(22)19-9-4-10-21(2)3/h5-6,11H,4,7-10H2,1-3H3,(H,19,22)(H,20,23). The molecule has 2 amide bonds. The van der Waals surface area contributed by atoms with Crippen LogP contribution in [0, 0.1) is 12.3 Å². The van der Waals surface area contributed by atoms with Gasteiger partial charge in [-0.15, -0.1) is 0 Å². The van der Waals surface area contributed by atoms with Gasteiger partial charge < -0.3 is 15.5 Å². The third-order valence-electron chi connectivity index (χ3n) is 4.06. The van der Waals surface area contributed by atoms with E-state index in [0.717, 1.165) is 23.0 Å². The lowest BCUT2D eigenvalue weighted by Gasteiger charge is -2.17. The Kier molecular flexibility index (Phi) is 5.81. The van der Waals surface area contributed by atoms with Crippen LogP contribution in [0.15, 0.2) is 22.7 Å². The molecule has 0 unspecified atom stereocenters. The van der Waals surface area contributed by atoms with Gasteiger partial charge in [0.2, 0.25) is 11.8 Å². The van der Waals surface area contributed by atoms with Crippen LogP contribution in [0.1, 0.15) is 24.8 Å². The maximum atomic E-state index is 12.5. The smallest absolute Gasteiger partial charge is 0.240 e. The molecule has 0 bridgehead atoms. The van der Waals surface area contributed by atoms with Crippen molar-refractivity contribution in [1.82, 2.24) is 10.2 Å². The zero-order chi connectivity index (χ0) is 17.0. The Morgan fingerprint density at radius 2 is 1.96 bits per heavy atom. The van der Waals surface area contributed by atoms with Gasteiger partial charge in [0.15, 0.2) is 0 Å². The van der Waals surface area contributed by atoms with Crippen LogP contribution in [0.2, 0.25) is 0 Å². The van der Waals surface area contributed by atoms with Crippen LogP contribution in [-0.4, -0.2) is 43.9 Å². The van der Waals surface area contributed by atoms with E-state index in [2.05, 4.69) is 31.5 Å². The molecule has 0 radical (unpaired) electrons. The zero-order valence-electron chi connectivity index (χ0n) is 13.9. The summed E-state index contributed by atoms with van der Waals surface area (Å²) in [6, 6.07) is 5.72. The van der Waals surface area contributed by atoms with Gasteiger partial charge in [-0.25, -0.2) is 0 Å². The quantitative estimate of drug-likeness (QED) is 0.563. The number of anilines is 1. The number of nitrogens with zero attached hydrogens (tertiary/aromatic N) is 1. The highest BCUT2D eigenvalue weighted by Crippen LogP contribution is 2.47. The molecule has 0 saturated heterocycles. The molecule has 23 heavy (non-hydrogen) atoms. The van der Waals surface area contributed by atoms with Crippen molar-refractivity contribution >= 4 is 33.4 Å². The molecular weight excluding hydrogens is 358 g/mol. The van der Waals surface area contributed by atoms with Crippen molar-refractivity contribution < 1.29 is 9.59 Å². The van der Waals surface area contributed by atoms with Gasteiger partial charge in [-0.3, -0.25) is 9.59 Å². The second-order valence-electron chi connectivity index (χ2n) is 6.43. The summed E-state index contributed by atoms with van der Waals surface area (Å²) >= 11 is 3.44. The normalized spacial score (nSPS) is 15.3. The first-order valence-corrected chi connectivity index (χ1v) is 8.65. The Hall–Kier alpha value is -1.40. The molecule has 1 fully saturated rings. The lowest BCUT2D eigenvalue weighted by atomic mass is 10.0. The lowest BCUT2D eigenvalue weighted by molar-refractivity contribution is -0.134. The van der Waals surface area contributed by atoms with E-state index in [0.29, 0.717) is 25.1 Å². The number of carbonyl (C=O) groups excluding carboxylic acids is 2. The summed E-state index contributed by atoms with van der Waals surface area (Å²) in [5.74, 6) is -0.371. The highest BCUT2D eigenvalue weighted by Gasteiger charge is 2.56. The van der Waals surface area contributed by atoms with E-state index in [4.69, 9.17) is 0 Å². The topological polar surface area (TPSA) is 61.4 Å². The summed E-state index contributed by atoms with van der Waals surface area (Å²) in [6.07, 6.45) is 2.10. The number of halogens is 1. The molecule has 1 saturated carbocycles. The molecule has 5 nitrogen and oxygen atoms in total. The van der Waals surface area contributed by atoms with Crippen molar-refractivity contribution in [3.05, 3.63) is 28.2 Å². The predicted molar refractivity (Wildman–Crippen MR) is 95.4 cm³/mol. The summed E-state index contributed by atoms with van der Waals surface area (Å²) < 4.78 is 0.827. The number of amides is 2. The van der Waals surface area contributed by atoms with Gasteiger partial charge >= 0.3 is 0 Å². The third-order valence-corrected chi connectivity index (χ3v) is 4.72. The van der Waals surface area contributed by atoms with Crippen molar-refractivity contribution in [2.45, 2.75) is 26.2 Å². The molecule has 1 aliphatic rings. The number of hydrogen-bond donors (Lipinski definition) is 2. The molecule has 1 aromatic rings. The van der Waals surface area contributed by atoms with E-state index in [9.17, 15) is 9.59 Å². The minimum Gasteiger partial charge on any atom is -0.355 e. The Morgan fingerprint density at radius 3 is 2.52 bits per heavy atom. The molecule has 2 N–H and O–H groups in total. The maximum Gasteiger partial charge on any atom is 0.240 e. The van der Waals surface area contributed by atoms with Gasteiger partial charge in [-0.2, -0.15) is 0 Å². The molecule has 1 aromatic carbocycles. The van der Waals surface area contributed by atoms with Crippen LogP contribution in [-0.2, 0) is 9.59 Å². The van der Waals surface area contributed by atoms with Crippen molar-refractivity contribution in [1.29, 1.82) is 0 Å². The van der Waals surface area contributed by atoms with Crippen LogP contribution in [0.5, 0.6) is 0 Å². The van der Waals surface area contributed by atoms with Crippen LogP contribution in [0.25, 0.3) is 0 Å². The average molecular weight is 382 g/mol. The first-order chi connectivity index (χ1) is 10.8. The Bertz CT molecular complexity index is 598. The number of rotatable bonds is 7. The van der Waals surface area contributed by atoms with E-state index < -0.39 is 5.41 Å². The zero-order valence-corrected chi connectivity index (χ0v) is 15.5. The molecule has 0 heterocycles. The SMILES string of the molecule is Cc1ccc(NC(=O)C2(C(=O)NCCCN(C)C)CC2)c(Br)c1. The minimum atomic E-state index is -0.886. The molecular formula is C17H24BrN3O2. The fourth-order valence-electron chi connectivity index (χ4n) is 2.41. The van der Waals surface area contributed by atoms with Gasteiger partial charge in [-0.05, 0) is 80.5 Å². The Balaban J connectivity index is 1.91. The summed E-state index contributed by atoms with van der Waals surface area (Å²) in [6.45, 7) is 3.50. The molecule has 0 aromatic heterocycles. The minimum absolute atomic E-state index is 0.156. The highest BCUT2D eigenvalue weighted by atomic mass is 79.9. The first-order valence-electron chi connectivity index (χ1n) is 7.86. The largest absolute Gasteiger partial charge is 0.355 e. The Morgan fingerprint density at radius 1 is 1.26 bits per heavy atom. The van der Waals surface area contributed by atoms with Crippen molar-refractivity contribution in [2.75, 3.05) is 32.5 Å². The molecule has 0 spiro atoms. The average Bonchev–Trinajstić information content (AvgIpc) is 3.28. The van der Waals surface area contributed by atoms with E-state index in [1.807, 2.05) is 39.2 Å². The predicted octanol–water partition coefficient (Wildman–Crippen LogP) is 2.54. The monoisotopic (exact) mass is 381 g/mol. The van der Waals surface area contributed by atoms with Gasteiger partial charge in [-0.1, -0.05) is 6.07 Å². The first kappa shape index (κ1) is 17.9. The van der Waals surface area contributed by atoms with Gasteiger partial charge in [0.05, 0.1) is 5.69 Å². The molecule has 1 aliphatic carbocycles. The summed E-state index contributed by atoms with van der Waals surface area (Å²) in [5.41, 5.74) is 0.921. The molecule has 0 atom stereocenters. The van der Waals surface area contributed by atoms with E-state index in [-0.39, 0.29) is 11.8 Å². The van der Waals surface area contributed by atoms with Crippen LogP contribution >= 0.6 is 15.9 Å². The van der Waals surface area contributed by atoms with Crippen LogP contribution < -0.4 is 10.6 Å². The molecule has 6 heteroatoms. The Labute approximate surface area is 145 Å². The van der Waals surface area contributed by atoms with E-state index in [1.165, 1.54) is 0 Å².